The Morgan fingerprint density at radius 2 is 1.79 bits per heavy atom. The van der Waals surface area contributed by atoms with Crippen LogP contribution in [0.2, 0.25) is 0 Å². The molecular weight excluding hydrogens is 257 g/mol. The third-order valence-corrected chi connectivity index (χ3v) is 3.88. The van der Waals surface area contributed by atoms with Gasteiger partial charge in [-0.15, -0.1) is 11.3 Å². The SMILES string of the molecule is Cc1ccc(-c2nc(-c3ccccc3)cs2)cc1F. The zero-order chi connectivity index (χ0) is 13.2. The standard InChI is InChI=1S/C16H12FNS/c1-11-7-8-13(9-14(11)17)16-18-15(10-19-16)12-5-3-2-4-6-12/h2-10H,1H3. The van der Waals surface area contributed by atoms with Crippen molar-refractivity contribution < 1.29 is 4.39 Å². The second-order valence-electron chi connectivity index (χ2n) is 4.37. The Labute approximate surface area is 115 Å². The maximum atomic E-state index is 13.6. The maximum absolute atomic E-state index is 13.6. The number of nitrogens with zero attached hydrogens (tertiary/aromatic N) is 1. The lowest BCUT2D eigenvalue weighted by molar-refractivity contribution is 0.619. The minimum Gasteiger partial charge on any atom is -0.236 e. The molecule has 0 saturated heterocycles. The number of thiazole rings is 1. The molecule has 2 aromatic carbocycles. The van der Waals surface area contributed by atoms with Gasteiger partial charge >= 0.3 is 0 Å². The smallest absolute Gasteiger partial charge is 0.126 e. The third kappa shape index (κ3) is 2.42. The van der Waals surface area contributed by atoms with Gasteiger partial charge in [0.2, 0.25) is 0 Å². The second kappa shape index (κ2) is 4.94. The van der Waals surface area contributed by atoms with Crippen molar-refractivity contribution in [2.75, 3.05) is 0 Å². The number of hydrogen-bond donors (Lipinski definition) is 0. The number of benzene rings is 2. The van der Waals surface area contributed by atoms with Crippen molar-refractivity contribution in [2.45, 2.75) is 6.92 Å². The minimum atomic E-state index is -0.186. The minimum absolute atomic E-state index is 0.186. The van der Waals surface area contributed by atoms with E-state index in [0.717, 1.165) is 21.8 Å². The van der Waals surface area contributed by atoms with Crippen molar-refractivity contribution >= 4 is 11.3 Å². The van der Waals surface area contributed by atoms with Crippen molar-refractivity contribution in [1.82, 2.24) is 4.98 Å². The highest BCUT2D eigenvalue weighted by atomic mass is 32.1. The second-order valence-corrected chi connectivity index (χ2v) is 5.23. The van der Waals surface area contributed by atoms with E-state index in [0.29, 0.717) is 5.56 Å². The summed E-state index contributed by atoms with van der Waals surface area (Å²) in [5.41, 5.74) is 3.50. The van der Waals surface area contributed by atoms with Crippen LogP contribution in [0.4, 0.5) is 4.39 Å². The van der Waals surface area contributed by atoms with Crippen molar-refractivity contribution in [3.63, 3.8) is 0 Å². The predicted molar refractivity (Wildman–Crippen MR) is 77.7 cm³/mol. The molecule has 0 saturated carbocycles. The average molecular weight is 269 g/mol. The Kier molecular flexibility index (Phi) is 3.13. The number of aromatic nitrogens is 1. The highest BCUT2D eigenvalue weighted by molar-refractivity contribution is 7.13. The maximum Gasteiger partial charge on any atom is 0.126 e. The molecule has 0 amide bonds. The molecular formula is C16H12FNS. The number of aryl methyl sites for hydroxylation is 1. The fraction of sp³-hybridized carbons (Fsp3) is 0.0625. The fourth-order valence-corrected chi connectivity index (χ4v) is 2.70. The van der Waals surface area contributed by atoms with Gasteiger partial charge in [-0.2, -0.15) is 0 Å². The van der Waals surface area contributed by atoms with Gasteiger partial charge in [0, 0.05) is 16.5 Å². The molecule has 0 fully saturated rings. The van der Waals surface area contributed by atoms with Crippen LogP contribution >= 0.6 is 11.3 Å². The van der Waals surface area contributed by atoms with E-state index in [9.17, 15) is 4.39 Å². The van der Waals surface area contributed by atoms with Gasteiger partial charge in [0.1, 0.15) is 10.8 Å². The van der Waals surface area contributed by atoms with E-state index < -0.39 is 0 Å². The van der Waals surface area contributed by atoms with Gasteiger partial charge < -0.3 is 0 Å². The molecule has 0 bridgehead atoms. The molecule has 0 aliphatic carbocycles. The van der Waals surface area contributed by atoms with Crippen LogP contribution in [0.5, 0.6) is 0 Å². The molecule has 19 heavy (non-hydrogen) atoms. The highest BCUT2D eigenvalue weighted by Crippen LogP contribution is 2.29. The first kappa shape index (κ1) is 12.1. The average Bonchev–Trinajstić information content (AvgIpc) is 2.93. The molecule has 94 valence electrons. The molecule has 0 aliphatic rings. The Hall–Kier alpha value is -2.00. The summed E-state index contributed by atoms with van der Waals surface area (Å²) in [6.45, 7) is 1.76. The van der Waals surface area contributed by atoms with Crippen LogP contribution in [-0.4, -0.2) is 4.98 Å². The Balaban J connectivity index is 1.99. The molecule has 0 atom stereocenters. The predicted octanol–water partition coefficient (Wildman–Crippen LogP) is 4.92. The Bertz CT molecular complexity index is 704. The molecule has 0 spiro atoms. The molecule has 1 heterocycles. The van der Waals surface area contributed by atoms with Crippen molar-refractivity contribution in [3.8, 4) is 21.8 Å². The highest BCUT2D eigenvalue weighted by Gasteiger charge is 2.08. The van der Waals surface area contributed by atoms with Crippen LogP contribution in [0.1, 0.15) is 5.56 Å². The molecule has 3 aromatic rings. The quantitative estimate of drug-likeness (QED) is 0.643. The first-order chi connectivity index (χ1) is 9.24. The van der Waals surface area contributed by atoms with E-state index in [2.05, 4.69) is 4.98 Å². The van der Waals surface area contributed by atoms with Gasteiger partial charge in [-0.25, -0.2) is 9.37 Å². The molecule has 0 unspecified atom stereocenters. The summed E-state index contributed by atoms with van der Waals surface area (Å²) >= 11 is 1.53. The van der Waals surface area contributed by atoms with Gasteiger partial charge in [0.15, 0.2) is 0 Å². The summed E-state index contributed by atoms with van der Waals surface area (Å²) in [6, 6.07) is 15.2. The van der Waals surface area contributed by atoms with Crippen molar-refractivity contribution in [1.29, 1.82) is 0 Å². The third-order valence-electron chi connectivity index (χ3n) is 2.99. The van der Waals surface area contributed by atoms with Gasteiger partial charge in [-0.1, -0.05) is 42.5 Å². The van der Waals surface area contributed by atoms with E-state index in [1.165, 1.54) is 11.3 Å². The van der Waals surface area contributed by atoms with Gasteiger partial charge in [0.25, 0.3) is 0 Å². The van der Waals surface area contributed by atoms with Crippen LogP contribution < -0.4 is 0 Å². The summed E-state index contributed by atoms with van der Waals surface area (Å²) in [5.74, 6) is -0.186. The van der Waals surface area contributed by atoms with E-state index in [1.54, 1.807) is 19.1 Å². The van der Waals surface area contributed by atoms with Gasteiger partial charge in [-0.05, 0) is 18.6 Å². The molecule has 0 radical (unpaired) electrons. The Morgan fingerprint density at radius 3 is 2.53 bits per heavy atom. The van der Waals surface area contributed by atoms with Crippen LogP contribution in [0.15, 0.2) is 53.9 Å². The summed E-state index contributed by atoms with van der Waals surface area (Å²) < 4.78 is 13.6. The van der Waals surface area contributed by atoms with E-state index in [-0.39, 0.29) is 5.82 Å². The van der Waals surface area contributed by atoms with Crippen LogP contribution in [0.25, 0.3) is 21.8 Å². The molecule has 3 rings (SSSR count). The molecule has 3 heteroatoms. The summed E-state index contributed by atoms with van der Waals surface area (Å²) in [6.07, 6.45) is 0. The van der Waals surface area contributed by atoms with Crippen LogP contribution in [0, 0.1) is 12.7 Å². The summed E-state index contributed by atoms with van der Waals surface area (Å²) in [5, 5.41) is 2.85. The molecule has 0 N–H and O–H groups in total. The summed E-state index contributed by atoms with van der Waals surface area (Å²) in [7, 11) is 0. The zero-order valence-electron chi connectivity index (χ0n) is 10.4. The van der Waals surface area contributed by atoms with Gasteiger partial charge in [0.05, 0.1) is 5.69 Å². The lowest BCUT2D eigenvalue weighted by Gasteiger charge is -1.99. The largest absolute Gasteiger partial charge is 0.236 e. The van der Waals surface area contributed by atoms with E-state index in [4.69, 9.17) is 0 Å². The first-order valence-corrected chi connectivity index (χ1v) is 6.89. The normalized spacial score (nSPS) is 10.6. The fourth-order valence-electron chi connectivity index (χ4n) is 1.87. The Morgan fingerprint density at radius 1 is 1.00 bits per heavy atom. The topological polar surface area (TPSA) is 12.9 Å². The van der Waals surface area contributed by atoms with E-state index >= 15 is 0 Å². The van der Waals surface area contributed by atoms with Crippen LogP contribution in [-0.2, 0) is 0 Å². The van der Waals surface area contributed by atoms with E-state index in [1.807, 2.05) is 41.8 Å². The molecule has 1 nitrogen and oxygen atoms in total. The lowest BCUT2D eigenvalue weighted by Crippen LogP contribution is -1.84. The number of halogens is 1. The number of hydrogen-bond acceptors (Lipinski definition) is 2. The van der Waals surface area contributed by atoms with Crippen molar-refractivity contribution in [2.24, 2.45) is 0 Å². The first-order valence-electron chi connectivity index (χ1n) is 6.01. The molecule has 0 aliphatic heterocycles. The lowest BCUT2D eigenvalue weighted by atomic mass is 10.1. The van der Waals surface area contributed by atoms with Crippen molar-refractivity contribution in [3.05, 3.63) is 65.3 Å². The zero-order valence-corrected chi connectivity index (χ0v) is 11.2. The molecule has 1 aromatic heterocycles. The monoisotopic (exact) mass is 269 g/mol. The van der Waals surface area contributed by atoms with Gasteiger partial charge in [-0.3, -0.25) is 0 Å². The summed E-state index contributed by atoms with van der Waals surface area (Å²) in [4.78, 5) is 4.57. The van der Waals surface area contributed by atoms with Crippen LogP contribution in [0.3, 0.4) is 0 Å². The number of rotatable bonds is 2.